The summed E-state index contributed by atoms with van der Waals surface area (Å²) in [7, 11) is 0. The average Bonchev–Trinajstić information content (AvgIpc) is 3.05. The lowest BCUT2D eigenvalue weighted by atomic mass is 9.81. The fourth-order valence-corrected chi connectivity index (χ4v) is 6.10. The molecule has 2 fully saturated rings. The summed E-state index contributed by atoms with van der Waals surface area (Å²) in [6, 6.07) is 10.0. The van der Waals surface area contributed by atoms with E-state index < -0.39 is 41.4 Å². The van der Waals surface area contributed by atoms with Gasteiger partial charge in [-0.05, 0) is 44.9 Å². The molecular weight excluding hydrogens is 623 g/mol. The second-order valence-corrected chi connectivity index (χ2v) is 12.1. The Balaban J connectivity index is 1.76. The van der Waals surface area contributed by atoms with Crippen LogP contribution in [0.1, 0.15) is 46.0 Å². The highest BCUT2D eigenvalue weighted by atomic mass is 79.9. The van der Waals surface area contributed by atoms with Crippen molar-refractivity contribution in [2.24, 2.45) is 11.8 Å². The number of carbonyl (C=O) groups is 4. The van der Waals surface area contributed by atoms with Gasteiger partial charge >= 0.3 is 0 Å². The molecular formula is C25H22Br2Cl2N2O4. The number of Topliss-reactive ketones (excluding diaryl/α,β-unsaturated/α-hetero) is 1. The van der Waals surface area contributed by atoms with E-state index in [1.165, 1.54) is 25.1 Å². The number of nitrogens with zero attached hydrogens (tertiary/aromatic N) is 2. The number of fused-ring (bicyclic) bond motifs is 1. The van der Waals surface area contributed by atoms with E-state index in [0.29, 0.717) is 18.4 Å². The van der Waals surface area contributed by atoms with E-state index in [4.69, 9.17) is 23.2 Å². The Hall–Kier alpha value is -1.74. The third-order valence-corrected chi connectivity index (χ3v) is 10.0. The van der Waals surface area contributed by atoms with Gasteiger partial charge in [0, 0.05) is 20.8 Å². The van der Waals surface area contributed by atoms with Crippen LogP contribution in [0.2, 0.25) is 10.0 Å². The molecule has 4 rings (SSSR count). The van der Waals surface area contributed by atoms with E-state index in [2.05, 4.69) is 31.9 Å². The average molecular weight is 645 g/mol. The van der Waals surface area contributed by atoms with Crippen molar-refractivity contribution in [3.05, 3.63) is 69.2 Å². The predicted octanol–water partition coefficient (Wildman–Crippen LogP) is 5.85. The van der Waals surface area contributed by atoms with Crippen LogP contribution < -0.4 is 0 Å². The molecule has 2 aromatic rings. The molecule has 0 bridgehead atoms. The number of ketones is 1. The molecule has 2 aliphatic rings. The molecule has 3 amide bonds. The third-order valence-electron chi connectivity index (χ3n) is 6.56. The van der Waals surface area contributed by atoms with Crippen LogP contribution in [0.25, 0.3) is 0 Å². The van der Waals surface area contributed by atoms with E-state index in [1.54, 1.807) is 24.3 Å². The fraction of sp³-hybridized carbons (Fsp3) is 0.360. The molecule has 35 heavy (non-hydrogen) atoms. The van der Waals surface area contributed by atoms with E-state index in [-0.39, 0.29) is 25.3 Å². The van der Waals surface area contributed by atoms with Crippen molar-refractivity contribution in [1.29, 1.82) is 0 Å². The molecule has 6 nitrogen and oxygen atoms in total. The number of hydrogen-bond acceptors (Lipinski definition) is 4. The molecule has 0 unspecified atom stereocenters. The van der Waals surface area contributed by atoms with Gasteiger partial charge in [-0.25, -0.2) is 5.01 Å². The van der Waals surface area contributed by atoms with Gasteiger partial charge in [0.15, 0.2) is 5.78 Å². The number of hydrazine groups is 1. The number of hydrogen-bond donors (Lipinski definition) is 0. The lowest BCUT2D eigenvalue weighted by Gasteiger charge is -2.34. The summed E-state index contributed by atoms with van der Waals surface area (Å²) in [5, 5.41) is 2.26. The van der Waals surface area contributed by atoms with Gasteiger partial charge in [0.2, 0.25) is 0 Å². The quantitative estimate of drug-likeness (QED) is 0.233. The van der Waals surface area contributed by atoms with Crippen molar-refractivity contribution in [3.63, 3.8) is 0 Å². The first kappa shape index (κ1) is 26.3. The Morgan fingerprint density at radius 2 is 1.43 bits per heavy atom. The summed E-state index contributed by atoms with van der Waals surface area (Å²) in [6.45, 7) is 3.41. The van der Waals surface area contributed by atoms with Crippen molar-refractivity contribution in [3.8, 4) is 0 Å². The molecule has 1 aliphatic heterocycles. The van der Waals surface area contributed by atoms with Crippen molar-refractivity contribution in [2.75, 3.05) is 0 Å². The number of imide groups is 1. The van der Waals surface area contributed by atoms with Crippen LogP contribution in [0.3, 0.4) is 0 Å². The van der Waals surface area contributed by atoms with E-state index in [1.807, 2.05) is 6.92 Å². The molecule has 1 heterocycles. The Labute approximate surface area is 230 Å². The highest BCUT2D eigenvalue weighted by Crippen LogP contribution is 2.44. The van der Waals surface area contributed by atoms with Crippen LogP contribution in [0, 0.1) is 18.8 Å². The molecule has 0 N–H and O–H groups in total. The minimum absolute atomic E-state index is 0.00582. The zero-order chi connectivity index (χ0) is 25.6. The fourth-order valence-electron chi connectivity index (χ4n) is 4.56. The summed E-state index contributed by atoms with van der Waals surface area (Å²) in [5.74, 6) is -3.21. The normalized spacial score (nSPS) is 24.8. The second kappa shape index (κ2) is 10.3. The summed E-state index contributed by atoms with van der Waals surface area (Å²) in [6.07, 6.45) is 0.882. The maximum absolute atomic E-state index is 13.8. The Morgan fingerprint density at radius 3 is 1.94 bits per heavy atom. The van der Waals surface area contributed by atoms with Gasteiger partial charge in [0.1, 0.15) is 6.04 Å². The minimum Gasteiger partial charge on any atom is -0.292 e. The number of aryl methyl sites for hydroxylation is 1. The topological polar surface area (TPSA) is 74.8 Å². The predicted molar refractivity (Wildman–Crippen MR) is 141 cm³/mol. The third kappa shape index (κ3) is 4.95. The summed E-state index contributed by atoms with van der Waals surface area (Å²) in [4.78, 5) is 54.3. The zero-order valence-corrected chi connectivity index (χ0v) is 23.6. The van der Waals surface area contributed by atoms with Gasteiger partial charge in [-0.3, -0.25) is 19.2 Å². The number of alkyl halides is 2. The van der Waals surface area contributed by atoms with Crippen molar-refractivity contribution in [2.45, 2.75) is 42.4 Å². The van der Waals surface area contributed by atoms with Crippen molar-refractivity contribution < 1.29 is 19.2 Å². The number of amides is 3. The van der Waals surface area contributed by atoms with E-state index in [9.17, 15) is 19.2 Å². The van der Waals surface area contributed by atoms with Crippen LogP contribution in [-0.4, -0.2) is 49.2 Å². The molecule has 0 aromatic heterocycles. The van der Waals surface area contributed by atoms with Gasteiger partial charge in [0.25, 0.3) is 17.7 Å². The largest absolute Gasteiger partial charge is 0.292 e. The van der Waals surface area contributed by atoms with Gasteiger partial charge in [-0.15, -0.1) is 0 Å². The molecule has 1 aliphatic carbocycles. The van der Waals surface area contributed by atoms with Gasteiger partial charge in [0.05, 0.1) is 21.9 Å². The lowest BCUT2D eigenvalue weighted by Crippen LogP contribution is -2.56. The SMILES string of the molecule is Cc1ccc(C(=O)[C@H](C)N(C(=O)c2ccc(Cl)c(Cl)c2)N2C(=O)[C@H]3C[C@@H](Br)[C@@H](Br)C[C@H]3C2=O)cc1. The molecule has 1 saturated carbocycles. The van der Waals surface area contributed by atoms with Gasteiger partial charge in [-0.1, -0.05) is 84.9 Å². The van der Waals surface area contributed by atoms with Crippen LogP contribution in [0.5, 0.6) is 0 Å². The smallest absolute Gasteiger partial charge is 0.273 e. The molecule has 2 aromatic carbocycles. The maximum Gasteiger partial charge on any atom is 0.273 e. The first-order chi connectivity index (χ1) is 16.5. The number of rotatable bonds is 5. The molecule has 1 saturated heterocycles. The summed E-state index contributed by atoms with van der Waals surface area (Å²) >= 11 is 19.3. The minimum atomic E-state index is -1.13. The highest BCUT2D eigenvalue weighted by molar-refractivity contribution is 9.12. The van der Waals surface area contributed by atoms with Crippen molar-refractivity contribution in [1.82, 2.24) is 10.0 Å². The van der Waals surface area contributed by atoms with Crippen molar-refractivity contribution >= 4 is 78.6 Å². The van der Waals surface area contributed by atoms with Crippen LogP contribution in [0.4, 0.5) is 0 Å². The molecule has 10 heteroatoms. The molecule has 184 valence electrons. The zero-order valence-electron chi connectivity index (χ0n) is 18.9. The van der Waals surface area contributed by atoms with Gasteiger partial charge in [-0.2, -0.15) is 5.01 Å². The molecule has 5 atom stereocenters. The highest BCUT2D eigenvalue weighted by Gasteiger charge is 2.55. The van der Waals surface area contributed by atoms with Gasteiger partial charge < -0.3 is 0 Å². The second-order valence-electron chi connectivity index (χ2n) is 8.89. The number of benzene rings is 2. The van der Waals surface area contributed by atoms with Crippen LogP contribution in [0.15, 0.2) is 42.5 Å². The Morgan fingerprint density at radius 1 is 0.914 bits per heavy atom. The molecule has 0 radical (unpaired) electrons. The molecule has 0 spiro atoms. The number of halogens is 4. The Bertz CT molecular complexity index is 1180. The summed E-state index contributed by atoms with van der Waals surface area (Å²) in [5.41, 5.74) is 1.45. The first-order valence-corrected chi connectivity index (χ1v) is 13.6. The van der Waals surface area contributed by atoms with E-state index >= 15 is 0 Å². The summed E-state index contributed by atoms with van der Waals surface area (Å²) < 4.78 is 0. The van der Waals surface area contributed by atoms with Crippen LogP contribution >= 0.6 is 55.1 Å². The first-order valence-electron chi connectivity index (χ1n) is 11.1. The monoisotopic (exact) mass is 642 g/mol. The lowest BCUT2D eigenvalue weighted by molar-refractivity contribution is -0.156. The number of carbonyl (C=O) groups excluding carboxylic acids is 4. The Kier molecular flexibility index (Phi) is 7.77. The van der Waals surface area contributed by atoms with Crippen LogP contribution in [-0.2, 0) is 9.59 Å². The standard InChI is InChI=1S/C25H22Br2Cl2N2O4/c1-12-3-5-14(6-4-12)22(32)13(2)30(23(33)15-7-8-20(28)21(29)9-15)31-24(34)16-10-18(26)19(27)11-17(16)25(31)35/h3-9,13,16-19H,10-11H2,1-2H3/t13-,16-,17+,18+,19-/m0/s1. The maximum atomic E-state index is 13.8. The van der Waals surface area contributed by atoms with E-state index in [0.717, 1.165) is 15.6 Å².